The van der Waals surface area contributed by atoms with Gasteiger partial charge in [0.1, 0.15) is 17.6 Å². The van der Waals surface area contributed by atoms with E-state index in [0.717, 1.165) is 33.7 Å². The lowest BCUT2D eigenvalue weighted by Crippen LogP contribution is -2.02. The van der Waals surface area contributed by atoms with E-state index in [-0.39, 0.29) is 0 Å². The summed E-state index contributed by atoms with van der Waals surface area (Å²) < 4.78 is 7.52. The summed E-state index contributed by atoms with van der Waals surface area (Å²) in [7, 11) is 1.63. The second-order valence-electron chi connectivity index (χ2n) is 7.52. The van der Waals surface area contributed by atoms with Gasteiger partial charge in [-0.1, -0.05) is 12.1 Å². The van der Waals surface area contributed by atoms with Crippen LogP contribution in [0.15, 0.2) is 42.5 Å². The summed E-state index contributed by atoms with van der Waals surface area (Å²) in [5, 5.41) is 9.82. The quantitative estimate of drug-likeness (QED) is 0.453. The number of benzene rings is 2. The molecule has 4 rings (SSSR count). The van der Waals surface area contributed by atoms with Crippen molar-refractivity contribution < 1.29 is 4.74 Å². The molecule has 0 saturated heterocycles. The largest absolute Gasteiger partial charge is 0.497 e. The molecular weight excluding hydrogens is 372 g/mol. The van der Waals surface area contributed by atoms with Gasteiger partial charge in [0, 0.05) is 23.1 Å². The topological polar surface area (TPSA) is 66.6 Å². The first kappa shape index (κ1) is 19.5. The fourth-order valence-electron chi connectivity index (χ4n) is 3.83. The summed E-state index contributed by atoms with van der Waals surface area (Å²) in [4.78, 5) is 7.83. The van der Waals surface area contributed by atoms with Gasteiger partial charge in [-0.05, 0) is 74.7 Å². The third-order valence-corrected chi connectivity index (χ3v) is 5.65. The number of ether oxygens (including phenoxy) is 1. The molecule has 0 saturated carbocycles. The van der Waals surface area contributed by atoms with Crippen molar-refractivity contribution in [1.29, 1.82) is 5.26 Å². The first-order valence-electron chi connectivity index (χ1n) is 9.84. The van der Waals surface area contributed by atoms with Crippen molar-refractivity contribution >= 4 is 22.7 Å². The van der Waals surface area contributed by atoms with Gasteiger partial charge in [-0.15, -0.1) is 0 Å². The van der Waals surface area contributed by atoms with E-state index in [4.69, 9.17) is 4.74 Å². The third-order valence-electron chi connectivity index (χ3n) is 5.65. The summed E-state index contributed by atoms with van der Waals surface area (Å²) in [5.41, 5.74) is 9.02. The molecule has 1 N–H and O–H groups in total. The Balaban J connectivity index is 1.81. The molecule has 0 aliphatic rings. The van der Waals surface area contributed by atoms with Gasteiger partial charge in [-0.2, -0.15) is 5.26 Å². The highest BCUT2D eigenvalue weighted by Gasteiger charge is 2.14. The first-order chi connectivity index (χ1) is 14.4. The zero-order valence-electron chi connectivity index (χ0n) is 17.9. The fraction of sp³-hybridized carbons (Fsp3) is 0.200. The van der Waals surface area contributed by atoms with Gasteiger partial charge in [0.25, 0.3) is 0 Å². The summed E-state index contributed by atoms with van der Waals surface area (Å²) >= 11 is 0. The van der Waals surface area contributed by atoms with E-state index >= 15 is 0 Å². The zero-order valence-corrected chi connectivity index (χ0v) is 17.9. The molecule has 2 heterocycles. The zero-order chi connectivity index (χ0) is 21.4. The number of nitrogens with one attached hydrogen (secondary N) is 1. The lowest BCUT2D eigenvalue weighted by molar-refractivity contribution is 0.415. The molecular formula is C25H24N4O. The number of nitrogens with zero attached hydrogens (tertiary/aromatic N) is 3. The number of fused-ring (bicyclic) bond motifs is 1. The normalized spacial score (nSPS) is 11.7. The van der Waals surface area contributed by atoms with E-state index in [0.29, 0.717) is 11.4 Å². The van der Waals surface area contributed by atoms with Gasteiger partial charge in [-0.3, -0.25) is 0 Å². The molecule has 4 aromatic rings. The second kappa shape index (κ2) is 7.57. The summed E-state index contributed by atoms with van der Waals surface area (Å²) in [6, 6.07) is 16.4. The van der Waals surface area contributed by atoms with Gasteiger partial charge in [-0.25, -0.2) is 4.98 Å². The van der Waals surface area contributed by atoms with Crippen molar-refractivity contribution in [2.75, 3.05) is 7.11 Å². The van der Waals surface area contributed by atoms with Crippen LogP contribution in [0, 0.1) is 39.0 Å². The smallest absolute Gasteiger partial charge is 0.149 e. The Kier molecular flexibility index (Phi) is 4.93. The summed E-state index contributed by atoms with van der Waals surface area (Å²) in [6.45, 7) is 8.44. The van der Waals surface area contributed by atoms with E-state index in [1.165, 1.54) is 16.8 Å². The van der Waals surface area contributed by atoms with Gasteiger partial charge in [0.05, 0.1) is 23.7 Å². The van der Waals surface area contributed by atoms with E-state index in [2.05, 4.69) is 72.6 Å². The van der Waals surface area contributed by atoms with Crippen LogP contribution in [0.5, 0.6) is 5.75 Å². The number of nitriles is 1. The molecule has 5 nitrogen and oxygen atoms in total. The number of H-pyrrole nitrogens is 1. The number of rotatable bonds is 4. The molecule has 5 heteroatoms. The summed E-state index contributed by atoms with van der Waals surface area (Å²) in [6.07, 6.45) is 1.90. The maximum Gasteiger partial charge on any atom is 0.149 e. The van der Waals surface area contributed by atoms with Gasteiger partial charge >= 0.3 is 0 Å². The molecule has 150 valence electrons. The van der Waals surface area contributed by atoms with E-state index in [9.17, 15) is 5.26 Å². The SMILES string of the molecule is COc1ccc2nc(/C(C#N)=C\c3cc(C)n(-c4cccc(C)c4C)c3C)[nH]c2c1. The molecule has 0 atom stereocenters. The third kappa shape index (κ3) is 3.27. The van der Waals surface area contributed by atoms with Crippen LogP contribution in [-0.4, -0.2) is 21.6 Å². The minimum absolute atomic E-state index is 0.492. The van der Waals surface area contributed by atoms with E-state index < -0.39 is 0 Å². The van der Waals surface area contributed by atoms with Crippen molar-refractivity contribution in [3.8, 4) is 17.5 Å². The number of aromatic nitrogens is 3. The van der Waals surface area contributed by atoms with Crippen LogP contribution in [0.1, 0.15) is 33.9 Å². The van der Waals surface area contributed by atoms with E-state index in [1.807, 2.05) is 24.3 Å². The predicted molar refractivity (Wildman–Crippen MR) is 121 cm³/mol. The average molecular weight is 396 g/mol. The Morgan fingerprint density at radius 1 is 1.13 bits per heavy atom. The fourth-order valence-corrected chi connectivity index (χ4v) is 3.83. The van der Waals surface area contributed by atoms with Crippen LogP contribution >= 0.6 is 0 Å². The first-order valence-corrected chi connectivity index (χ1v) is 9.84. The Hall–Kier alpha value is -3.78. The monoisotopic (exact) mass is 396 g/mol. The maximum absolute atomic E-state index is 9.82. The predicted octanol–water partition coefficient (Wildman–Crippen LogP) is 5.66. The minimum atomic E-state index is 0.492. The summed E-state index contributed by atoms with van der Waals surface area (Å²) in [5.74, 6) is 1.30. The number of allylic oxidation sites excluding steroid dienone is 1. The van der Waals surface area contributed by atoms with Crippen molar-refractivity contribution in [2.24, 2.45) is 0 Å². The highest BCUT2D eigenvalue weighted by molar-refractivity contribution is 5.91. The Morgan fingerprint density at radius 3 is 2.67 bits per heavy atom. The van der Waals surface area contributed by atoms with E-state index in [1.54, 1.807) is 7.11 Å². The number of aromatic amines is 1. The van der Waals surface area contributed by atoms with Crippen LogP contribution < -0.4 is 4.74 Å². The number of hydrogen-bond donors (Lipinski definition) is 1. The number of methoxy groups -OCH3 is 1. The molecule has 2 aromatic heterocycles. The lowest BCUT2D eigenvalue weighted by Gasteiger charge is -2.14. The molecule has 2 aromatic carbocycles. The van der Waals surface area contributed by atoms with Gasteiger partial charge in [0.15, 0.2) is 0 Å². The van der Waals surface area contributed by atoms with Gasteiger partial charge < -0.3 is 14.3 Å². The molecule has 0 spiro atoms. The van der Waals surface area contributed by atoms with Gasteiger partial charge in [0.2, 0.25) is 0 Å². The van der Waals surface area contributed by atoms with Crippen LogP contribution in [0.3, 0.4) is 0 Å². The maximum atomic E-state index is 9.82. The molecule has 0 radical (unpaired) electrons. The van der Waals surface area contributed by atoms with Crippen molar-refractivity contribution in [3.63, 3.8) is 0 Å². The van der Waals surface area contributed by atoms with Crippen LogP contribution in [0.25, 0.3) is 28.4 Å². The Morgan fingerprint density at radius 2 is 1.93 bits per heavy atom. The number of hydrogen-bond acceptors (Lipinski definition) is 3. The number of aryl methyl sites for hydroxylation is 2. The highest BCUT2D eigenvalue weighted by atomic mass is 16.5. The molecule has 0 bridgehead atoms. The molecule has 30 heavy (non-hydrogen) atoms. The van der Waals surface area contributed by atoms with Crippen molar-refractivity contribution in [3.05, 3.63) is 76.4 Å². The second-order valence-corrected chi connectivity index (χ2v) is 7.52. The average Bonchev–Trinajstić information content (AvgIpc) is 3.28. The standard InChI is InChI=1S/C25H24N4O/c1-15-7-6-8-24(17(15)3)29-16(2)11-19(18(29)4)12-20(14-26)25-27-22-10-9-21(30-5)13-23(22)28-25/h6-13H,1-5H3,(H,27,28)/b20-12-. The van der Waals surface area contributed by atoms with Crippen LogP contribution in [0.4, 0.5) is 0 Å². The molecule has 0 unspecified atom stereocenters. The minimum Gasteiger partial charge on any atom is -0.497 e. The van der Waals surface area contributed by atoms with Crippen LogP contribution in [-0.2, 0) is 0 Å². The molecule has 0 amide bonds. The molecule has 0 fully saturated rings. The lowest BCUT2D eigenvalue weighted by atomic mass is 10.1. The van der Waals surface area contributed by atoms with Crippen molar-refractivity contribution in [1.82, 2.24) is 14.5 Å². The highest BCUT2D eigenvalue weighted by Crippen LogP contribution is 2.28. The Bertz CT molecular complexity index is 1330. The molecule has 0 aliphatic carbocycles. The Labute approximate surface area is 176 Å². The van der Waals surface area contributed by atoms with Crippen LogP contribution in [0.2, 0.25) is 0 Å². The number of imidazole rings is 1. The molecule has 0 aliphatic heterocycles. The van der Waals surface area contributed by atoms with Crippen molar-refractivity contribution in [2.45, 2.75) is 27.7 Å².